The number of thiocarbonyl (C=S) groups is 1. The van der Waals surface area contributed by atoms with Crippen molar-refractivity contribution in [1.82, 2.24) is 15.3 Å². The number of rotatable bonds is 5. The van der Waals surface area contributed by atoms with Gasteiger partial charge in [0.1, 0.15) is 4.32 Å². The van der Waals surface area contributed by atoms with E-state index in [9.17, 15) is 4.79 Å². The molecule has 4 rings (SSSR count). The van der Waals surface area contributed by atoms with Crippen LogP contribution < -0.4 is 16.6 Å². The molecule has 0 amide bonds. The maximum Gasteiger partial charge on any atom is 0.260 e. The molecule has 0 aliphatic heterocycles. The monoisotopic (exact) mass is 432 g/mol. The fourth-order valence-corrected chi connectivity index (χ4v) is 4.54. The minimum Gasteiger partial charge on any atom is -0.369 e. The highest BCUT2D eigenvalue weighted by Crippen LogP contribution is 2.35. The highest BCUT2D eigenvalue weighted by Gasteiger charge is 2.17. The van der Waals surface area contributed by atoms with Crippen LogP contribution >= 0.6 is 24.0 Å². The predicted octanol–water partition coefficient (Wildman–Crippen LogP) is 4.40. The summed E-state index contributed by atoms with van der Waals surface area (Å²) in [5, 5.41) is 3.91. The molecule has 0 aliphatic rings. The Kier molecular flexibility index (Phi) is 6.11. The molecule has 150 valence electrons. The minimum absolute atomic E-state index is 0.0963. The molecule has 0 unspecified atom stereocenters. The molecule has 1 heterocycles. The van der Waals surface area contributed by atoms with Gasteiger partial charge in [-0.2, -0.15) is 0 Å². The number of benzene rings is 3. The number of nitrogens with two attached hydrogens (primary N) is 1. The smallest absolute Gasteiger partial charge is 0.260 e. The number of anilines is 1. The Morgan fingerprint density at radius 1 is 1.03 bits per heavy atom. The lowest BCUT2D eigenvalue weighted by Gasteiger charge is -2.19. The first-order valence-electron chi connectivity index (χ1n) is 9.43. The molecule has 1 aromatic heterocycles. The highest BCUT2D eigenvalue weighted by atomic mass is 32.2. The minimum atomic E-state index is -0.246. The molecule has 4 aromatic rings. The molecule has 5 nitrogen and oxygen atoms in total. The van der Waals surface area contributed by atoms with E-state index < -0.39 is 0 Å². The average molecular weight is 433 g/mol. The Morgan fingerprint density at radius 3 is 2.30 bits per heavy atom. The number of nitrogens with zero attached hydrogens (tertiary/aromatic N) is 1. The van der Waals surface area contributed by atoms with Crippen LogP contribution in [0.1, 0.15) is 21.9 Å². The summed E-state index contributed by atoms with van der Waals surface area (Å²) in [6.45, 7) is 0.516. The van der Waals surface area contributed by atoms with Crippen molar-refractivity contribution in [1.29, 1.82) is 0 Å². The maximum absolute atomic E-state index is 12.1. The topological polar surface area (TPSA) is 83.8 Å². The zero-order chi connectivity index (χ0) is 20.9. The standard InChI is InChI=1S/C23H20N4OS2/c24-22-26-19-12-11-15(13-18(19)21(28)27-22)14-25-23(29)30-20(16-7-3-1-4-8-16)17-9-5-2-6-10-17/h1-13,20H,14H2,(H,25,29)(H3,24,26,27,28). The fourth-order valence-electron chi connectivity index (χ4n) is 3.22. The summed E-state index contributed by atoms with van der Waals surface area (Å²) in [6.07, 6.45) is 0. The van der Waals surface area contributed by atoms with E-state index in [1.807, 2.05) is 48.5 Å². The van der Waals surface area contributed by atoms with Crippen LogP contribution in [-0.2, 0) is 6.54 Å². The van der Waals surface area contributed by atoms with Gasteiger partial charge in [0.2, 0.25) is 5.95 Å². The zero-order valence-electron chi connectivity index (χ0n) is 16.0. The molecule has 0 aliphatic carbocycles. The number of aromatic nitrogens is 2. The Hall–Kier alpha value is -3.16. The molecule has 30 heavy (non-hydrogen) atoms. The molecular formula is C23H20N4OS2. The van der Waals surface area contributed by atoms with Crippen molar-refractivity contribution in [2.45, 2.75) is 11.8 Å². The quantitative estimate of drug-likeness (QED) is 0.405. The third-order valence-corrected chi connectivity index (χ3v) is 6.23. The first-order valence-corrected chi connectivity index (χ1v) is 10.7. The Balaban J connectivity index is 1.49. The van der Waals surface area contributed by atoms with Crippen LogP contribution in [0.4, 0.5) is 5.95 Å². The third kappa shape index (κ3) is 4.69. The molecule has 0 saturated heterocycles. The van der Waals surface area contributed by atoms with Crippen LogP contribution in [0.2, 0.25) is 0 Å². The van der Waals surface area contributed by atoms with Gasteiger partial charge in [-0.3, -0.25) is 9.78 Å². The van der Waals surface area contributed by atoms with Gasteiger partial charge < -0.3 is 11.1 Å². The van der Waals surface area contributed by atoms with Crippen molar-refractivity contribution < 1.29 is 0 Å². The number of hydrogen-bond donors (Lipinski definition) is 3. The summed E-state index contributed by atoms with van der Waals surface area (Å²) in [5.74, 6) is 0.115. The van der Waals surface area contributed by atoms with Crippen molar-refractivity contribution in [3.63, 3.8) is 0 Å². The number of fused-ring (bicyclic) bond motifs is 1. The summed E-state index contributed by atoms with van der Waals surface area (Å²) < 4.78 is 0.692. The second-order valence-electron chi connectivity index (χ2n) is 6.76. The van der Waals surface area contributed by atoms with Crippen molar-refractivity contribution in [3.8, 4) is 0 Å². The number of aromatic amines is 1. The van der Waals surface area contributed by atoms with Gasteiger partial charge in [-0.05, 0) is 28.8 Å². The summed E-state index contributed by atoms with van der Waals surface area (Å²) >= 11 is 7.23. The van der Waals surface area contributed by atoms with E-state index in [4.69, 9.17) is 18.0 Å². The van der Waals surface area contributed by atoms with Gasteiger partial charge in [-0.25, -0.2) is 4.98 Å². The first kappa shape index (κ1) is 20.1. The van der Waals surface area contributed by atoms with Crippen LogP contribution in [0.3, 0.4) is 0 Å². The Morgan fingerprint density at radius 2 is 1.67 bits per heavy atom. The summed E-state index contributed by atoms with van der Waals surface area (Å²) in [4.78, 5) is 18.8. The second-order valence-corrected chi connectivity index (χ2v) is 8.54. The van der Waals surface area contributed by atoms with Gasteiger partial charge in [0.05, 0.1) is 16.2 Å². The Bertz CT molecular complexity index is 1190. The lowest BCUT2D eigenvalue weighted by atomic mass is 10.0. The molecule has 0 fully saturated rings. The molecule has 0 radical (unpaired) electrons. The molecule has 4 N–H and O–H groups in total. The van der Waals surface area contributed by atoms with Crippen molar-refractivity contribution >= 4 is 45.2 Å². The van der Waals surface area contributed by atoms with Crippen molar-refractivity contribution in [2.75, 3.05) is 5.73 Å². The van der Waals surface area contributed by atoms with Gasteiger partial charge in [0.25, 0.3) is 5.56 Å². The van der Waals surface area contributed by atoms with Crippen molar-refractivity contribution in [3.05, 3.63) is 106 Å². The second kappa shape index (κ2) is 9.11. The lowest BCUT2D eigenvalue weighted by Crippen LogP contribution is -2.19. The largest absolute Gasteiger partial charge is 0.369 e. The zero-order valence-corrected chi connectivity index (χ0v) is 17.7. The predicted molar refractivity (Wildman–Crippen MR) is 129 cm³/mol. The Labute approximate surface area is 183 Å². The number of hydrogen-bond acceptors (Lipinski definition) is 5. The third-order valence-electron chi connectivity index (χ3n) is 4.65. The van der Waals surface area contributed by atoms with Crippen LogP contribution in [-0.4, -0.2) is 14.3 Å². The van der Waals surface area contributed by atoms with E-state index in [0.29, 0.717) is 21.8 Å². The normalized spacial score (nSPS) is 11.0. The van der Waals surface area contributed by atoms with Crippen LogP contribution in [0.15, 0.2) is 83.7 Å². The van der Waals surface area contributed by atoms with Crippen LogP contribution in [0.5, 0.6) is 0 Å². The SMILES string of the molecule is Nc1nc2ccc(CNC(=S)SC(c3ccccc3)c3ccccc3)cc2c(=O)[nH]1. The summed E-state index contributed by atoms with van der Waals surface area (Å²) in [5.41, 5.74) is 9.26. The van der Waals surface area contributed by atoms with Gasteiger partial charge in [0, 0.05) is 6.54 Å². The first-order chi connectivity index (χ1) is 14.6. The van der Waals surface area contributed by atoms with Gasteiger partial charge >= 0.3 is 0 Å². The molecular weight excluding hydrogens is 412 g/mol. The summed E-state index contributed by atoms with van der Waals surface area (Å²) in [6, 6.07) is 26.1. The van der Waals surface area contributed by atoms with Gasteiger partial charge in [-0.15, -0.1) is 0 Å². The fraction of sp³-hybridized carbons (Fsp3) is 0.0870. The van der Waals surface area contributed by atoms with Gasteiger partial charge in [0.15, 0.2) is 0 Å². The van der Waals surface area contributed by atoms with E-state index in [1.54, 1.807) is 17.8 Å². The maximum atomic E-state index is 12.1. The molecule has 0 atom stereocenters. The van der Waals surface area contributed by atoms with Crippen molar-refractivity contribution in [2.24, 2.45) is 0 Å². The average Bonchev–Trinajstić information content (AvgIpc) is 2.77. The molecule has 3 aromatic carbocycles. The van der Waals surface area contributed by atoms with E-state index in [0.717, 1.165) is 5.56 Å². The number of nitrogen functional groups attached to an aromatic ring is 1. The van der Waals surface area contributed by atoms with Crippen LogP contribution in [0, 0.1) is 0 Å². The van der Waals surface area contributed by atoms with E-state index >= 15 is 0 Å². The highest BCUT2D eigenvalue weighted by molar-refractivity contribution is 8.23. The molecule has 0 saturated carbocycles. The lowest BCUT2D eigenvalue weighted by molar-refractivity contribution is 0.940. The van der Waals surface area contributed by atoms with Crippen LogP contribution in [0.25, 0.3) is 10.9 Å². The molecule has 0 spiro atoms. The summed E-state index contributed by atoms with van der Waals surface area (Å²) in [7, 11) is 0. The van der Waals surface area contributed by atoms with E-state index in [1.165, 1.54) is 11.1 Å². The van der Waals surface area contributed by atoms with E-state index in [2.05, 4.69) is 39.6 Å². The number of thioether (sulfide) groups is 1. The van der Waals surface area contributed by atoms with E-state index in [-0.39, 0.29) is 16.8 Å². The van der Waals surface area contributed by atoms with Gasteiger partial charge in [-0.1, -0.05) is 90.7 Å². The number of H-pyrrole nitrogens is 1. The molecule has 0 bridgehead atoms. The number of nitrogens with one attached hydrogen (secondary N) is 2. The molecule has 7 heteroatoms.